The summed E-state index contributed by atoms with van der Waals surface area (Å²) in [6.45, 7) is 3.82. The average Bonchev–Trinajstić information content (AvgIpc) is 3.44. The third-order valence-electron chi connectivity index (χ3n) is 4.65. The highest BCUT2D eigenvalue weighted by Crippen LogP contribution is 2.39. The third-order valence-corrected chi connectivity index (χ3v) is 4.65. The number of hydrogen-bond donors (Lipinski definition) is 0. The molecular formula is C20H23N5O2. The minimum absolute atomic E-state index is 0.560. The van der Waals surface area contributed by atoms with Crippen molar-refractivity contribution in [3.63, 3.8) is 0 Å². The van der Waals surface area contributed by atoms with Gasteiger partial charge in [-0.25, -0.2) is 15.0 Å². The Morgan fingerprint density at radius 2 is 1.74 bits per heavy atom. The van der Waals surface area contributed by atoms with Crippen LogP contribution in [0.4, 0.5) is 0 Å². The van der Waals surface area contributed by atoms with Crippen LogP contribution in [-0.4, -0.2) is 39.0 Å². The summed E-state index contributed by atoms with van der Waals surface area (Å²) >= 11 is 0. The first-order valence-corrected chi connectivity index (χ1v) is 9.06. The first-order chi connectivity index (χ1) is 13.1. The molecule has 0 amide bonds. The van der Waals surface area contributed by atoms with E-state index in [1.165, 1.54) is 12.8 Å². The lowest BCUT2D eigenvalue weighted by molar-refractivity contribution is 0.354. The number of aromatic nitrogens is 5. The Labute approximate surface area is 158 Å². The molecular weight excluding hydrogens is 342 g/mol. The van der Waals surface area contributed by atoms with Crippen LogP contribution >= 0.6 is 0 Å². The van der Waals surface area contributed by atoms with E-state index >= 15 is 0 Å². The number of hydrogen-bond acceptors (Lipinski definition) is 6. The number of rotatable bonds is 6. The quantitative estimate of drug-likeness (QED) is 0.668. The molecule has 0 N–H and O–H groups in total. The van der Waals surface area contributed by atoms with Gasteiger partial charge in [0, 0.05) is 24.1 Å². The summed E-state index contributed by atoms with van der Waals surface area (Å²) in [5.74, 6) is 5.06. The number of ether oxygens (including phenoxy) is 2. The molecule has 7 heteroatoms. The lowest BCUT2D eigenvalue weighted by Gasteiger charge is -2.10. The molecule has 4 rings (SSSR count). The summed E-state index contributed by atoms with van der Waals surface area (Å²) in [5.41, 5.74) is 2.16. The van der Waals surface area contributed by atoms with Crippen LogP contribution in [0.1, 0.15) is 47.5 Å². The summed E-state index contributed by atoms with van der Waals surface area (Å²) < 4.78 is 12.6. The smallest absolute Gasteiger partial charge is 0.161 e. The lowest BCUT2D eigenvalue weighted by Crippen LogP contribution is -2.09. The third kappa shape index (κ3) is 3.63. The fourth-order valence-corrected chi connectivity index (χ4v) is 3.20. The van der Waals surface area contributed by atoms with Gasteiger partial charge in [-0.3, -0.25) is 0 Å². The van der Waals surface area contributed by atoms with Crippen molar-refractivity contribution in [2.24, 2.45) is 0 Å². The van der Waals surface area contributed by atoms with E-state index in [9.17, 15) is 0 Å². The van der Waals surface area contributed by atoms with Crippen molar-refractivity contribution in [3.8, 4) is 17.3 Å². The van der Waals surface area contributed by atoms with E-state index in [0.717, 1.165) is 34.5 Å². The molecule has 1 saturated carbocycles. The minimum atomic E-state index is 0.560. The highest BCUT2D eigenvalue weighted by molar-refractivity contribution is 5.43. The predicted molar refractivity (Wildman–Crippen MR) is 101 cm³/mol. The van der Waals surface area contributed by atoms with Gasteiger partial charge >= 0.3 is 0 Å². The number of methoxy groups -OCH3 is 2. The van der Waals surface area contributed by atoms with E-state index in [1.54, 1.807) is 14.2 Å². The zero-order chi connectivity index (χ0) is 19.0. The molecule has 140 valence electrons. The molecule has 2 aromatic heterocycles. The van der Waals surface area contributed by atoms with Crippen LogP contribution < -0.4 is 9.47 Å². The van der Waals surface area contributed by atoms with Gasteiger partial charge in [0.15, 0.2) is 17.3 Å². The summed E-state index contributed by atoms with van der Waals surface area (Å²) in [7, 11) is 3.27. The topological polar surface area (TPSA) is 75.0 Å². The maximum absolute atomic E-state index is 5.41. The highest BCUT2D eigenvalue weighted by Gasteiger charge is 2.26. The summed E-state index contributed by atoms with van der Waals surface area (Å²) in [6.07, 6.45) is 3.01. The second-order valence-electron chi connectivity index (χ2n) is 6.83. The second-order valence-corrected chi connectivity index (χ2v) is 6.83. The van der Waals surface area contributed by atoms with Crippen LogP contribution in [0.3, 0.4) is 0 Å². The zero-order valence-corrected chi connectivity index (χ0v) is 16.1. The highest BCUT2D eigenvalue weighted by atomic mass is 16.5. The van der Waals surface area contributed by atoms with Crippen molar-refractivity contribution in [2.75, 3.05) is 14.2 Å². The summed E-state index contributed by atoms with van der Waals surface area (Å²) in [4.78, 5) is 13.8. The van der Waals surface area contributed by atoms with Crippen LogP contribution in [-0.2, 0) is 6.42 Å². The minimum Gasteiger partial charge on any atom is -0.493 e. The standard InChI is InChI=1S/C20H23N5O2/c1-12-21-16(15-6-7-15)11-20(22-12)25-19(23-13(2)24-25)10-14-5-8-17(26-3)18(9-14)27-4/h5,8-9,11,15H,6-7,10H2,1-4H3. The SMILES string of the molecule is COc1ccc(Cc2nc(C)nn2-c2cc(C3CC3)nc(C)n2)cc1OC. The Bertz CT molecular complexity index is 978. The van der Waals surface area contributed by atoms with Gasteiger partial charge < -0.3 is 9.47 Å². The largest absolute Gasteiger partial charge is 0.493 e. The monoisotopic (exact) mass is 365 g/mol. The van der Waals surface area contributed by atoms with Gasteiger partial charge in [0.05, 0.1) is 14.2 Å². The molecule has 1 aliphatic carbocycles. The first-order valence-electron chi connectivity index (χ1n) is 9.06. The van der Waals surface area contributed by atoms with Gasteiger partial charge in [-0.1, -0.05) is 6.07 Å². The van der Waals surface area contributed by atoms with Gasteiger partial charge in [0.2, 0.25) is 0 Å². The Kier molecular flexibility index (Phi) is 4.51. The van der Waals surface area contributed by atoms with Gasteiger partial charge in [0.25, 0.3) is 0 Å². The van der Waals surface area contributed by atoms with Crippen LogP contribution in [0.5, 0.6) is 11.5 Å². The fraction of sp³-hybridized carbons (Fsp3) is 0.400. The van der Waals surface area contributed by atoms with Crippen LogP contribution in [0.25, 0.3) is 5.82 Å². The van der Waals surface area contributed by atoms with Gasteiger partial charge in [-0.2, -0.15) is 4.68 Å². The normalized spacial score (nSPS) is 13.6. The molecule has 1 aromatic carbocycles. The molecule has 0 unspecified atom stereocenters. The molecule has 1 aliphatic rings. The Morgan fingerprint density at radius 1 is 0.963 bits per heavy atom. The van der Waals surface area contributed by atoms with Crippen LogP contribution in [0, 0.1) is 13.8 Å². The summed E-state index contributed by atoms with van der Waals surface area (Å²) in [6, 6.07) is 7.92. The molecule has 1 fully saturated rings. The van der Waals surface area contributed by atoms with Crippen molar-refractivity contribution < 1.29 is 9.47 Å². The molecule has 0 saturated heterocycles. The lowest BCUT2D eigenvalue weighted by atomic mass is 10.1. The van der Waals surface area contributed by atoms with Crippen molar-refractivity contribution in [3.05, 3.63) is 53.0 Å². The van der Waals surface area contributed by atoms with E-state index in [1.807, 2.05) is 42.8 Å². The molecule has 27 heavy (non-hydrogen) atoms. The molecule has 0 bridgehead atoms. The van der Waals surface area contributed by atoms with Crippen molar-refractivity contribution in [1.82, 2.24) is 24.7 Å². The van der Waals surface area contributed by atoms with E-state index in [4.69, 9.17) is 9.47 Å². The van der Waals surface area contributed by atoms with E-state index in [-0.39, 0.29) is 0 Å². The Morgan fingerprint density at radius 3 is 2.44 bits per heavy atom. The fourth-order valence-electron chi connectivity index (χ4n) is 3.20. The predicted octanol–water partition coefficient (Wildman–Crippen LogP) is 3.16. The molecule has 3 aromatic rings. The maximum Gasteiger partial charge on any atom is 0.161 e. The molecule has 0 aliphatic heterocycles. The van der Waals surface area contributed by atoms with Crippen LogP contribution in [0.2, 0.25) is 0 Å². The maximum atomic E-state index is 5.41. The number of aryl methyl sites for hydroxylation is 2. The zero-order valence-electron chi connectivity index (χ0n) is 16.1. The van der Waals surface area contributed by atoms with Crippen molar-refractivity contribution in [1.29, 1.82) is 0 Å². The second kappa shape index (κ2) is 6.98. The Hall–Kier alpha value is -2.96. The molecule has 7 nitrogen and oxygen atoms in total. The molecule has 0 radical (unpaired) electrons. The van der Waals surface area contributed by atoms with E-state index in [2.05, 4.69) is 20.1 Å². The average molecular weight is 365 g/mol. The number of benzene rings is 1. The Balaban J connectivity index is 1.70. The van der Waals surface area contributed by atoms with Crippen molar-refractivity contribution >= 4 is 0 Å². The van der Waals surface area contributed by atoms with E-state index < -0.39 is 0 Å². The van der Waals surface area contributed by atoms with E-state index in [0.29, 0.717) is 23.8 Å². The van der Waals surface area contributed by atoms with Crippen molar-refractivity contribution in [2.45, 2.75) is 39.0 Å². The van der Waals surface area contributed by atoms with Gasteiger partial charge in [0.1, 0.15) is 17.5 Å². The van der Waals surface area contributed by atoms with Gasteiger partial charge in [-0.15, -0.1) is 5.10 Å². The molecule has 2 heterocycles. The molecule has 0 spiro atoms. The van der Waals surface area contributed by atoms with Gasteiger partial charge in [-0.05, 0) is 44.4 Å². The van der Waals surface area contributed by atoms with Crippen LogP contribution in [0.15, 0.2) is 24.3 Å². The number of nitrogens with zero attached hydrogens (tertiary/aromatic N) is 5. The summed E-state index contributed by atoms with van der Waals surface area (Å²) in [5, 5.41) is 4.57. The molecule has 0 atom stereocenters. The first kappa shape index (κ1) is 17.5.